The van der Waals surface area contributed by atoms with Gasteiger partial charge in [-0.25, -0.2) is 4.98 Å². The maximum atomic E-state index is 12.3. The highest BCUT2D eigenvalue weighted by atomic mass is 16.5. The molecule has 5 N–H and O–H groups in total. The zero-order valence-electron chi connectivity index (χ0n) is 16.2. The number of primary amides is 2. The topological polar surface area (TPSA) is 129 Å². The van der Waals surface area contributed by atoms with Crippen molar-refractivity contribution in [3.8, 4) is 0 Å². The number of ether oxygens (including phenoxy) is 1. The first-order valence-electron chi connectivity index (χ1n) is 9.80. The Balaban J connectivity index is 1.71. The molecule has 0 aliphatic heterocycles. The second kappa shape index (κ2) is 7.57. The van der Waals surface area contributed by atoms with E-state index >= 15 is 0 Å². The minimum Gasteiger partial charge on any atom is -0.393 e. The van der Waals surface area contributed by atoms with Crippen molar-refractivity contribution in [1.82, 2.24) is 4.98 Å². The van der Waals surface area contributed by atoms with Gasteiger partial charge in [0, 0.05) is 24.8 Å². The van der Waals surface area contributed by atoms with E-state index in [2.05, 4.69) is 4.98 Å². The molecule has 1 aromatic carbocycles. The number of carbonyl (C=O) groups is 2. The molecule has 1 aromatic heterocycles. The molecule has 29 heavy (non-hydrogen) atoms. The largest absolute Gasteiger partial charge is 0.393 e. The van der Waals surface area contributed by atoms with Gasteiger partial charge in [0.1, 0.15) is 5.69 Å². The maximum Gasteiger partial charge on any atom is 0.267 e. The summed E-state index contributed by atoms with van der Waals surface area (Å²) in [5, 5.41) is 9.82. The first kappa shape index (κ1) is 19.5. The number of pyridine rings is 1. The Morgan fingerprint density at radius 2 is 1.83 bits per heavy atom. The first-order valence-corrected chi connectivity index (χ1v) is 9.80. The van der Waals surface area contributed by atoms with Crippen LogP contribution in [0.15, 0.2) is 36.4 Å². The number of methoxy groups -OCH3 is 1. The molecule has 2 amide bonds. The summed E-state index contributed by atoms with van der Waals surface area (Å²) in [5.41, 5.74) is 13.7. The van der Waals surface area contributed by atoms with E-state index in [9.17, 15) is 14.7 Å². The first-order chi connectivity index (χ1) is 13.9. The van der Waals surface area contributed by atoms with Crippen LogP contribution in [0.3, 0.4) is 0 Å². The number of benzene rings is 1. The van der Waals surface area contributed by atoms with Gasteiger partial charge in [-0.05, 0) is 47.8 Å². The summed E-state index contributed by atoms with van der Waals surface area (Å²) in [6.45, 7) is 0. The molecule has 2 aliphatic carbocycles. The molecule has 0 saturated heterocycles. The lowest BCUT2D eigenvalue weighted by Crippen LogP contribution is -2.24. The Bertz CT molecular complexity index is 899. The number of rotatable bonds is 7. The van der Waals surface area contributed by atoms with Crippen molar-refractivity contribution in [3.63, 3.8) is 0 Å². The van der Waals surface area contributed by atoms with Crippen LogP contribution in [-0.2, 0) is 11.2 Å². The third-order valence-electron chi connectivity index (χ3n) is 6.21. The van der Waals surface area contributed by atoms with Gasteiger partial charge in [-0.15, -0.1) is 0 Å². The predicted octanol–water partition coefficient (Wildman–Crippen LogP) is 1.69. The van der Waals surface area contributed by atoms with Crippen LogP contribution in [0, 0.1) is 11.8 Å². The van der Waals surface area contributed by atoms with Gasteiger partial charge in [0.15, 0.2) is 0 Å². The van der Waals surface area contributed by atoms with E-state index in [1.165, 1.54) is 0 Å². The fourth-order valence-electron chi connectivity index (χ4n) is 4.88. The summed E-state index contributed by atoms with van der Waals surface area (Å²) in [6, 6.07) is 11.3. The Labute approximate surface area is 169 Å². The summed E-state index contributed by atoms with van der Waals surface area (Å²) in [6.07, 6.45) is 1.08. The maximum absolute atomic E-state index is 12.3. The third kappa shape index (κ3) is 3.63. The number of aromatic nitrogens is 1. The lowest BCUT2D eigenvalue weighted by atomic mass is 9.93. The van der Waals surface area contributed by atoms with Gasteiger partial charge in [0.05, 0.1) is 12.2 Å². The fourth-order valence-corrected chi connectivity index (χ4v) is 4.88. The Kier molecular flexibility index (Phi) is 5.10. The van der Waals surface area contributed by atoms with Crippen LogP contribution in [0.25, 0.3) is 0 Å². The van der Waals surface area contributed by atoms with Crippen LogP contribution < -0.4 is 11.5 Å². The van der Waals surface area contributed by atoms with Crippen LogP contribution in [0.2, 0.25) is 0 Å². The van der Waals surface area contributed by atoms with Crippen molar-refractivity contribution < 1.29 is 19.4 Å². The molecule has 152 valence electrons. The molecule has 7 nitrogen and oxygen atoms in total. The molecule has 2 fully saturated rings. The van der Waals surface area contributed by atoms with E-state index in [4.69, 9.17) is 16.2 Å². The summed E-state index contributed by atoms with van der Waals surface area (Å²) in [7, 11) is 1.60. The van der Waals surface area contributed by atoms with Gasteiger partial charge in [-0.2, -0.15) is 0 Å². The molecule has 2 saturated carbocycles. The van der Waals surface area contributed by atoms with Gasteiger partial charge in [0.25, 0.3) is 5.91 Å². The smallest absolute Gasteiger partial charge is 0.267 e. The summed E-state index contributed by atoms with van der Waals surface area (Å²) in [5.74, 6) is -0.805. The van der Waals surface area contributed by atoms with E-state index in [0.29, 0.717) is 36.1 Å². The van der Waals surface area contributed by atoms with E-state index in [1.54, 1.807) is 13.2 Å². The molecule has 1 unspecified atom stereocenters. The molecule has 2 aliphatic rings. The molecule has 0 radical (unpaired) electrons. The highest BCUT2D eigenvalue weighted by Crippen LogP contribution is 2.64. The molecular formula is C22H25N3O4. The molecule has 2 aromatic rings. The van der Waals surface area contributed by atoms with Gasteiger partial charge in [-0.3, -0.25) is 9.59 Å². The Morgan fingerprint density at radius 3 is 2.38 bits per heavy atom. The number of aliphatic hydroxyl groups is 1. The van der Waals surface area contributed by atoms with E-state index in [1.807, 2.05) is 30.3 Å². The number of nitrogens with two attached hydrogens (primary N) is 2. The molecule has 5 atom stereocenters. The Hall–Kier alpha value is -2.77. The van der Waals surface area contributed by atoms with Crippen molar-refractivity contribution in [3.05, 3.63) is 64.5 Å². The lowest BCUT2D eigenvalue weighted by molar-refractivity contribution is 0.0982. The van der Waals surface area contributed by atoms with Crippen molar-refractivity contribution >= 4 is 11.8 Å². The zero-order chi connectivity index (χ0) is 20.7. The summed E-state index contributed by atoms with van der Waals surface area (Å²) < 4.78 is 5.60. The average Bonchev–Trinajstić information content (AvgIpc) is 3.20. The fraction of sp³-hybridized carbons (Fsp3) is 0.409. The van der Waals surface area contributed by atoms with E-state index in [0.717, 1.165) is 5.56 Å². The minimum atomic E-state index is -0.677. The molecular weight excluding hydrogens is 370 g/mol. The predicted molar refractivity (Wildman–Crippen MR) is 106 cm³/mol. The summed E-state index contributed by atoms with van der Waals surface area (Å²) >= 11 is 0. The molecule has 4 rings (SSSR count). The highest BCUT2D eigenvalue weighted by Gasteiger charge is 2.58. The normalized spacial score (nSPS) is 26.0. The Morgan fingerprint density at radius 1 is 1.17 bits per heavy atom. The van der Waals surface area contributed by atoms with Crippen LogP contribution in [-0.4, -0.2) is 35.1 Å². The van der Waals surface area contributed by atoms with Gasteiger partial charge >= 0.3 is 0 Å². The number of hydrogen-bond acceptors (Lipinski definition) is 5. The number of amides is 2. The van der Waals surface area contributed by atoms with Crippen LogP contribution in [0.5, 0.6) is 0 Å². The number of carbonyl (C=O) groups excluding carboxylic acids is 2. The van der Waals surface area contributed by atoms with Crippen LogP contribution in [0.1, 0.15) is 62.5 Å². The van der Waals surface area contributed by atoms with Crippen molar-refractivity contribution in [2.75, 3.05) is 7.11 Å². The number of aliphatic hydroxyl groups excluding tert-OH is 1. The second-order valence-corrected chi connectivity index (χ2v) is 7.97. The summed E-state index contributed by atoms with van der Waals surface area (Å²) in [4.78, 5) is 29.0. The van der Waals surface area contributed by atoms with Crippen molar-refractivity contribution in [2.24, 2.45) is 23.3 Å². The standard InChI is InChI=1S/C22H25N3O4/c1-29-17(11-5-3-2-4-6-11)8-12-7-16(21(23)27)19(20(25-12)22(24)28)18-14-9-13(26)10-15(14)18/h2-7,13-15,17-18,26H,8-10H2,1H3,(H2,23,27)(H2,24,28)/t13-,14+,15-,17?,18-. The lowest BCUT2D eigenvalue weighted by Gasteiger charge is -2.19. The highest BCUT2D eigenvalue weighted by molar-refractivity contribution is 6.00. The van der Waals surface area contributed by atoms with Crippen molar-refractivity contribution in [1.29, 1.82) is 0 Å². The minimum absolute atomic E-state index is 0.00250. The number of fused-ring (bicyclic) bond motifs is 1. The van der Waals surface area contributed by atoms with Gasteiger partial charge in [0.2, 0.25) is 5.91 Å². The number of hydrogen-bond donors (Lipinski definition) is 3. The third-order valence-corrected chi connectivity index (χ3v) is 6.21. The molecule has 7 heteroatoms. The average molecular weight is 395 g/mol. The SMILES string of the molecule is COC(Cc1cc(C(N)=O)c([C@H]2[C@@H]3C[C@H](O)C[C@@H]32)c(C(N)=O)n1)c1ccccc1. The van der Waals surface area contributed by atoms with Crippen LogP contribution in [0.4, 0.5) is 0 Å². The molecule has 1 heterocycles. The monoisotopic (exact) mass is 395 g/mol. The molecule has 0 spiro atoms. The second-order valence-electron chi connectivity index (χ2n) is 7.97. The quantitative estimate of drug-likeness (QED) is 0.657. The van der Waals surface area contributed by atoms with Crippen LogP contribution >= 0.6 is 0 Å². The van der Waals surface area contributed by atoms with E-state index < -0.39 is 11.8 Å². The van der Waals surface area contributed by atoms with Gasteiger partial charge < -0.3 is 21.3 Å². The number of nitrogens with zero attached hydrogens (tertiary/aromatic N) is 1. The van der Waals surface area contributed by atoms with E-state index in [-0.39, 0.29) is 35.7 Å². The van der Waals surface area contributed by atoms with Crippen molar-refractivity contribution in [2.45, 2.75) is 37.4 Å². The van der Waals surface area contributed by atoms with Gasteiger partial charge in [-0.1, -0.05) is 30.3 Å². The zero-order valence-corrected chi connectivity index (χ0v) is 16.2. The molecule has 0 bridgehead atoms.